The van der Waals surface area contributed by atoms with Crippen molar-refractivity contribution >= 4 is 13.9 Å². The Morgan fingerprint density at radius 3 is 1.88 bits per heavy atom. The van der Waals surface area contributed by atoms with Gasteiger partial charge in [-0.1, -0.05) is 55.5 Å². The zero-order valence-corrected chi connectivity index (χ0v) is 12.3. The van der Waals surface area contributed by atoms with E-state index in [1.807, 2.05) is 0 Å². The van der Waals surface area contributed by atoms with E-state index in [0.717, 1.165) is 0 Å². The highest BCUT2D eigenvalue weighted by atomic mass is 28.3. The van der Waals surface area contributed by atoms with Gasteiger partial charge in [0.1, 0.15) is 8.24 Å². The van der Waals surface area contributed by atoms with Crippen LogP contribution < -0.4 is 0 Å². The molecule has 0 spiro atoms. The normalized spacial score (nSPS) is 11.1. The summed E-state index contributed by atoms with van der Waals surface area (Å²) in [6.07, 6.45) is 0. The minimum atomic E-state index is -1.29. The molecule has 1 aromatic carbocycles. The van der Waals surface area contributed by atoms with Crippen LogP contribution in [0.3, 0.4) is 0 Å². The van der Waals surface area contributed by atoms with E-state index in [9.17, 15) is 0 Å². The quantitative estimate of drug-likeness (QED) is 0.707. The lowest BCUT2D eigenvalue weighted by molar-refractivity contribution is 0.714. The van der Waals surface area contributed by atoms with E-state index in [1.54, 1.807) is 0 Å². The molecule has 1 aromatic rings. The molecule has 0 saturated carbocycles. The number of allylic oxidation sites excluding steroid dienone is 1. The molecular weight excluding hydrogens is 210 g/mol. The smallest absolute Gasteiger partial charge is 0.147 e. The fourth-order valence-electron chi connectivity index (χ4n) is 1.75. The monoisotopic (exact) mass is 233 g/mol. The van der Waals surface area contributed by atoms with Crippen molar-refractivity contribution in [3.05, 3.63) is 41.5 Å². The van der Waals surface area contributed by atoms with Crippen molar-refractivity contribution in [3.63, 3.8) is 0 Å². The second-order valence-corrected chi connectivity index (χ2v) is 10.5. The fraction of sp³-hybridized carbons (Fsp3) is 0.429. The van der Waals surface area contributed by atoms with Gasteiger partial charge >= 0.3 is 0 Å². The maximum absolute atomic E-state index is 2.48. The van der Waals surface area contributed by atoms with Gasteiger partial charge in [-0.3, -0.25) is 0 Å². The van der Waals surface area contributed by atoms with E-state index in [0.29, 0.717) is 0 Å². The minimum Gasteiger partial charge on any atom is -0.400 e. The lowest BCUT2D eigenvalue weighted by Crippen LogP contribution is -2.42. The Bertz CT molecular complexity index is 369. The number of hydrogen-bond acceptors (Lipinski definition) is 1. The molecule has 0 N–H and O–H groups in total. The van der Waals surface area contributed by atoms with Gasteiger partial charge in [0.15, 0.2) is 0 Å². The molecule has 0 amide bonds. The Labute approximate surface area is 101 Å². The summed E-state index contributed by atoms with van der Waals surface area (Å²) < 4.78 is 2.48. The van der Waals surface area contributed by atoms with Crippen LogP contribution in [0.25, 0.3) is 5.70 Å². The molecule has 88 valence electrons. The molecule has 2 heteroatoms. The molecule has 0 aliphatic carbocycles. The Morgan fingerprint density at radius 1 is 1.00 bits per heavy atom. The van der Waals surface area contributed by atoms with E-state index in [-0.39, 0.29) is 0 Å². The Kier molecular flexibility index (Phi) is 3.97. The molecule has 0 fully saturated rings. The molecule has 16 heavy (non-hydrogen) atoms. The summed E-state index contributed by atoms with van der Waals surface area (Å²) in [7, 11) is 0.930. The number of nitrogens with zero attached hydrogens (tertiary/aromatic N) is 1. The highest BCUT2D eigenvalue weighted by Gasteiger charge is 2.23. The van der Waals surface area contributed by atoms with Gasteiger partial charge in [0.25, 0.3) is 0 Å². The van der Waals surface area contributed by atoms with Crippen LogP contribution in [-0.4, -0.2) is 19.8 Å². The Morgan fingerprint density at radius 2 is 1.50 bits per heavy atom. The summed E-state index contributed by atoms with van der Waals surface area (Å²) in [5.74, 6) is 0. The minimum absolute atomic E-state index is 1.29. The Balaban J connectivity index is 3.19. The average molecular weight is 233 g/mol. The SMILES string of the molecule is CC(C)=C(c1ccccc1)N(C)[Si](C)(C)C. The average Bonchev–Trinajstić information content (AvgIpc) is 2.17. The van der Waals surface area contributed by atoms with Crippen molar-refractivity contribution in [2.45, 2.75) is 33.5 Å². The maximum atomic E-state index is 2.48. The second kappa shape index (κ2) is 4.87. The van der Waals surface area contributed by atoms with Gasteiger partial charge in [-0.05, 0) is 26.5 Å². The summed E-state index contributed by atoms with van der Waals surface area (Å²) in [4.78, 5) is 0. The largest absolute Gasteiger partial charge is 0.400 e. The van der Waals surface area contributed by atoms with Crippen LogP contribution in [0.1, 0.15) is 19.4 Å². The van der Waals surface area contributed by atoms with Crippen molar-refractivity contribution in [1.82, 2.24) is 4.57 Å². The van der Waals surface area contributed by atoms with Crippen LogP contribution in [0.2, 0.25) is 19.6 Å². The van der Waals surface area contributed by atoms with Gasteiger partial charge in [0, 0.05) is 5.70 Å². The van der Waals surface area contributed by atoms with E-state index in [1.165, 1.54) is 16.8 Å². The van der Waals surface area contributed by atoms with E-state index < -0.39 is 8.24 Å². The van der Waals surface area contributed by atoms with Gasteiger partial charge in [0.05, 0.1) is 0 Å². The molecule has 1 rings (SSSR count). The van der Waals surface area contributed by atoms with Crippen LogP contribution in [-0.2, 0) is 0 Å². The number of rotatable bonds is 3. The van der Waals surface area contributed by atoms with Gasteiger partial charge in [-0.15, -0.1) is 0 Å². The van der Waals surface area contributed by atoms with Gasteiger partial charge in [-0.2, -0.15) is 0 Å². The molecule has 0 saturated heterocycles. The fourth-order valence-corrected chi connectivity index (χ4v) is 2.77. The summed E-state index contributed by atoms with van der Waals surface area (Å²) in [5.41, 5.74) is 4.10. The zero-order valence-electron chi connectivity index (χ0n) is 11.3. The first kappa shape index (κ1) is 13.0. The van der Waals surface area contributed by atoms with Crippen molar-refractivity contribution in [2.75, 3.05) is 7.05 Å². The van der Waals surface area contributed by atoms with Gasteiger partial charge in [-0.25, -0.2) is 0 Å². The second-order valence-electron chi connectivity index (χ2n) is 5.44. The molecular formula is C14H23NSi. The van der Waals surface area contributed by atoms with E-state index in [2.05, 4.69) is 75.4 Å². The van der Waals surface area contributed by atoms with Crippen LogP contribution in [0.5, 0.6) is 0 Å². The van der Waals surface area contributed by atoms with Gasteiger partial charge in [0.2, 0.25) is 0 Å². The summed E-state index contributed by atoms with van der Waals surface area (Å²) >= 11 is 0. The first-order valence-electron chi connectivity index (χ1n) is 5.81. The Hall–Kier alpha value is -1.02. The lowest BCUT2D eigenvalue weighted by Gasteiger charge is -2.35. The topological polar surface area (TPSA) is 3.24 Å². The third kappa shape index (κ3) is 2.98. The highest BCUT2D eigenvalue weighted by Crippen LogP contribution is 2.26. The first-order valence-corrected chi connectivity index (χ1v) is 9.25. The van der Waals surface area contributed by atoms with Crippen LogP contribution in [0.4, 0.5) is 0 Å². The van der Waals surface area contributed by atoms with Gasteiger partial charge < -0.3 is 4.57 Å². The zero-order chi connectivity index (χ0) is 12.3. The molecule has 0 aliphatic heterocycles. The lowest BCUT2D eigenvalue weighted by atomic mass is 10.1. The molecule has 0 bridgehead atoms. The van der Waals surface area contributed by atoms with Crippen LogP contribution >= 0.6 is 0 Å². The van der Waals surface area contributed by atoms with Crippen LogP contribution in [0, 0.1) is 0 Å². The molecule has 0 atom stereocenters. The summed E-state index contributed by atoms with van der Waals surface area (Å²) in [5, 5.41) is 0. The van der Waals surface area contributed by atoms with E-state index >= 15 is 0 Å². The molecule has 1 nitrogen and oxygen atoms in total. The molecule has 0 radical (unpaired) electrons. The maximum Gasteiger partial charge on any atom is 0.147 e. The van der Waals surface area contributed by atoms with Crippen molar-refractivity contribution in [2.24, 2.45) is 0 Å². The molecule has 0 aliphatic rings. The predicted molar refractivity (Wildman–Crippen MR) is 75.8 cm³/mol. The van der Waals surface area contributed by atoms with Crippen molar-refractivity contribution in [3.8, 4) is 0 Å². The third-order valence-corrected chi connectivity index (χ3v) is 5.10. The molecule has 0 unspecified atom stereocenters. The number of benzene rings is 1. The van der Waals surface area contributed by atoms with Crippen LogP contribution in [0.15, 0.2) is 35.9 Å². The summed E-state index contributed by atoms with van der Waals surface area (Å²) in [6, 6.07) is 10.7. The van der Waals surface area contributed by atoms with E-state index in [4.69, 9.17) is 0 Å². The third-order valence-electron chi connectivity index (χ3n) is 2.86. The standard InChI is InChI=1S/C14H23NSi/c1-12(2)14(15(3)16(4,5)6)13-10-8-7-9-11-13/h7-11H,1-6H3. The number of hydrogen-bond donors (Lipinski definition) is 0. The molecule has 0 aromatic heterocycles. The summed E-state index contributed by atoms with van der Waals surface area (Å²) in [6.45, 7) is 11.5. The highest BCUT2D eigenvalue weighted by molar-refractivity contribution is 6.74. The molecule has 0 heterocycles. The van der Waals surface area contributed by atoms with Crippen molar-refractivity contribution in [1.29, 1.82) is 0 Å². The van der Waals surface area contributed by atoms with Crippen molar-refractivity contribution < 1.29 is 0 Å². The first-order chi connectivity index (χ1) is 7.34. The predicted octanol–water partition coefficient (Wildman–Crippen LogP) is 4.20.